The van der Waals surface area contributed by atoms with E-state index in [-0.39, 0.29) is 26.2 Å². The van der Waals surface area contributed by atoms with Crippen LogP contribution in [-0.2, 0) is 51.9 Å². The van der Waals surface area contributed by atoms with Crippen molar-refractivity contribution in [3.8, 4) is 0 Å². The minimum Gasteiger partial charge on any atom is 0 e. The molecule has 0 saturated heterocycles. The van der Waals surface area contributed by atoms with Gasteiger partial charge in [0.15, 0.2) is 0 Å². The van der Waals surface area contributed by atoms with Crippen molar-refractivity contribution in [1.82, 2.24) is 0 Å². The molecule has 0 aromatic rings. The Morgan fingerprint density at radius 1 is 1.25 bits per heavy atom. The van der Waals surface area contributed by atoms with Crippen molar-refractivity contribution >= 4 is 0 Å². The van der Waals surface area contributed by atoms with E-state index in [9.17, 15) is 0 Å². The molecular weight excluding hydrogens is 171 g/mol. The van der Waals surface area contributed by atoms with Gasteiger partial charge in [-0.2, -0.15) is 0 Å². The average Bonchev–Trinajstić information content (AvgIpc) is 0.918. The fourth-order valence-corrected chi connectivity index (χ4v) is 0. The van der Waals surface area contributed by atoms with Crippen LogP contribution in [0.4, 0.5) is 0 Å². The molecule has 0 aliphatic heterocycles. The quantitative estimate of drug-likeness (QED) is 0.471. The van der Waals surface area contributed by atoms with Gasteiger partial charge in [-0.3, -0.25) is 0 Å². The van der Waals surface area contributed by atoms with Gasteiger partial charge in [0.2, 0.25) is 0 Å². The van der Waals surface area contributed by atoms with Gasteiger partial charge in [0.25, 0.3) is 0 Å². The molecule has 0 heterocycles. The molecule has 4 heteroatoms. The van der Waals surface area contributed by atoms with Crippen molar-refractivity contribution in [2.75, 3.05) is 0 Å². The van der Waals surface area contributed by atoms with E-state index in [2.05, 4.69) is 0 Å². The summed E-state index contributed by atoms with van der Waals surface area (Å²) in [6, 6.07) is 0. The van der Waals surface area contributed by atoms with Crippen LogP contribution in [0.3, 0.4) is 0 Å². The van der Waals surface area contributed by atoms with Gasteiger partial charge in [-0.1, -0.05) is 0 Å². The second kappa shape index (κ2) is 8.89. The summed E-state index contributed by atoms with van der Waals surface area (Å²) in [5, 5.41) is 0. The van der Waals surface area contributed by atoms with E-state index in [1.54, 1.807) is 0 Å². The maximum Gasteiger partial charge on any atom is 0 e. The molecule has 0 saturated carbocycles. The predicted octanol–water partition coefficient (Wildman–Crippen LogP) is -0.243. The van der Waals surface area contributed by atoms with Gasteiger partial charge in [0.05, 0.1) is 0 Å². The smallest absolute Gasteiger partial charge is 0 e. The largest absolute Gasteiger partial charge is 0 e. The van der Waals surface area contributed by atoms with Crippen molar-refractivity contribution in [3.05, 3.63) is 0 Å². The summed E-state index contributed by atoms with van der Waals surface area (Å²) in [5.74, 6) is 0. The van der Waals surface area contributed by atoms with Crippen LogP contribution < -0.4 is 0 Å². The summed E-state index contributed by atoms with van der Waals surface area (Å²) >= 11 is -2.00. The van der Waals surface area contributed by atoms with Gasteiger partial charge in [0, 0.05) is 26.2 Å². The van der Waals surface area contributed by atoms with E-state index in [0.717, 1.165) is 0 Å². The molecule has 0 bridgehead atoms. The molecular formula is O2TiZr. The monoisotopic (exact) mass is 170 g/mol. The predicted molar refractivity (Wildman–Crippen MR) is 1.37 cm³/mol. The molecule has 0 aliphatic carbocycles. The Bertz CT molecular complexity index is 27.0. The molecule has 0 aliphatic rings. The van der Waals surface area contributed by atoms with Crippen molar-refractivity contribution < 1.29 is 51.9 Å². The molecule has 0 spiro atoms. The van der Waals surface area contributed by atoms with Gasteiger partial charge in [-0.25, -0.2) is 0 Å². The van der Waals surface area contributed by atoms with Crippen LogP contribution in [0.5, 0.6) is 0 Å². The minimum absolute atomic E-state index is 0. The van der Waals surface area contributed by atoms with Crippen molar-refractivity contribution in [1.29, 1.82) is 0 Å². The summed E-state index contributed by atoms with van der Waals surface area (Å²) in [6.45, 7) is 0. The second-order valence-corrected chi connectivity index (χ2v) is 0.344. The summed E-state index contributed by atoms with van der Waals surface area (Å²) < 4.78 is 17.0. The van der Waals surface area contributed by atoms with Gasteiger partial charge >= 0.3 is 25.7 Å². The molecule has 0 aromatic carbocycles. The minimum atomic E-state index is -2.00. The molecule has 20 valence electrons. The van der Waals surface area contributed by atoms with Crippen molar-refractivity contribution in [3.63, 3.8) is 0 Å². The molecule has 0 fully saturated rings. The standard InChI is InChI=1S/2O.Ti.Zr. The summed E-state index contributed by atoms with van der Waals surface area (Å²) in [4.78, 5) is 0. The Balaban J connectivity index is 0. The van der Waals surface area contributed by atoms with Crippen molar-refractivity contribution in [2.24, 2.45) is 0 Å². The molecule has 0 amide bonds. The first kappa shape index (κ1) is 8.96. The molecule has 0 rings (SSSR count). The second-order valence-electron chi connectivity index (χ2n) is 0.0833. The van der Waals surface area contributed by atoms with Crippen molar-refractivity contribution in [2.45, 2.75) is 0 Å². The fraction of sp³-hybridized carbons (Fsp3) is 0. The van der Waals surface area contributed by atoms with Crippen LogP contribution in [0.2, 0.25) is 0 Å². The molecule has 2 nitrogen and oxygen atoms in total. The molecule has 0 atom stereocenters. The van der Waals surface area contributed by atoms with Crippen LogP contribution in [0.15, 0.2) is 0 Å². The van der Waals surface area contributed by atoms with Crippen LogP contribution >= 0.6 is 0 Å². The van der Waals surface area contributed by atoms with Gasteiger partial charge < -0.3 is 0 Å². The van der Waals surface area contributed by atoms with E-state index in [4.69, 9.17) is 6.65 Å². The van der Waals surface area contributed by atoms with E-state index < -0.39 is 19.1 Å². The average molecular weight is 171 g/mol. The SMILES string of the molecule is [O]=[Ti]=[O].[Zr]. The fourth-order valence-electron chi connectivity index (χ4n) is 0. The van der Waals surface area contributed by atoms with E-state index in [0.29, 0.717) is 0 Å². The molecule has 0 N–H and O–H groups in total. The maximum atomic E-state index is 8.50. The topological polar surface area (TPSA) is 34.1 Å². The maximum absolute atomic E-state index is 8.50. The summed E-state index contributed by atoms with van der Waals surface area (Å²) in [6.07, 6.45) is 0. The number of hydrogen-bond acceptors (Lipinski definition) is 2. The van der Waals surface area contributed by atoms with Crippen LogP contribution in [0.1, 0.15) is 0 Å². The van der Waals surface area contributed by atoms with Crippen LogP contribution in [0.25, 0.3) is 0 Å². The first-order chi connectivity index (χ1) is 1.41. The van der Waals surface area contributed by atoms with Crippen LogP contribution in [-0.4, -0.2) is 0 Å². The third kappa shape index (κ3) is 10.8. The molecule has 4 heavy (non-hydrogen) atoms. The Morgan fingerprint density at radius 2 is 1.25 bits per heavy atom. The Morgan fingerprint density at radius 3 is 1.25 bits per heavy atom. The van der Waals surface area contributed by atoms with Gasteiger partial charge in [0.1, 0.15) is 0 Å². The zero-order valence-electron chi connectivity index (χ0n) is 1.82. The Hall–Kier alpha value is 1.20. The zero-order valence-corrected chi connectivity index (χ0v) is 5.84. The summed E-state index contributed by atoms with van der Waals surface area (Å²) in [5.41, 5.74) is 0. The Kier molecular flexibility index (Phi) is 19.9. The summed E-state index contributed by atoms with van der Waals surface area (Å²) in [7, 11) is 0. The first-order valence-corrected chi connectivity index (χ1v) is 1.68. The first-order valence-electron chi connectivity index (χ1n) is 0.408. The van der Waals surface area contributed by atoms with E-state index in [1.165, 1.54) is 0 Å². The molecule has 0 aromatic heterocycles. The normalized spacial score (nSPS) is 2.00. The number of rotatable bonds is 0. The van der Waals surface area contributed by atoms with E-state index in [1.807, 2.05) is 0 Å². The molecule has 0 radical (unpaired) electrons. The van der Waals surface area contributed by atoms with Gasteiger partial charge in [-0.15, -0.1) is 0 Å². The van der Waals surface area contributed by atoms with Crippen LogP contribution in [0, 0.1) is 0 Å². The number of hydrogen-bond donors (Lipinski definition) is 0. The van der Waals surface area contributed by atoms with Gasteiger partial charge in [-0.05, 0) is 0 Å². The molecule has 0 unspecified atom stereocenters. The van der Waals surface area contributed by atoms with E-state index >= 15 is 0 Å². The third-order valence-electron chi connectivity index (χ3n) is 0. The third-order valence-corrected chi connectivity index (χ3v) is 0. The zero-order chi connectivity index (χ0) is 2.71. The Labute approximate surface area is 51.7 Å².